The topological polar surface area (TPSA) is 7.12 Å². The number of hydrogen-bond acceptors (Lipinski definition) is 1. The van der Waals surface area contributed by atoms with Crippen molar-refractivity contribution in [1.82, 2.24) is 0 Å². The second kappa shape index (κ2) is 9.09. The molecular weight excluding hydrogens is 352 g/mol. The van der Waals surface area contributed by atoms with Gasteiger partial charge in [-0.25, -0.2) is 0 Å². The minimum atomic E-state index is 1.07. The van der Waals surface area contributed by atoms with Crippen LogP contribution in [0.3, 0.4) is 0 Å². The highest BCUT2D eigenvalue weighted by molar-refractivity contribution is 5.99. The van der Waals surface area contributed by atoms with Crippen molar-refractivity contribution in [3.8, 4) is 0 Å². The molecule has 0 N–H and O–H groups in total. The van der Waals surface area contributed by atoms with E-state index in [4.69, 9.17) is 0 Å². The predicted molar refractivity (Wildman–Crippen MR) is 125 cm³/mol. The summed E-state index contributed by atoms with van der Waals surface area (Å²) in [4.78, 5) is 2.39. The summed E-state index contributed by atoms with van der Waals surface area (Å²) in [5.41, 5.74) is 6.51. The summed E-state index contributed by atoms with van der Waals surface area (Å²) in [5.74, 6) is 0. The third kappa shape index (κ3) is 4.12. The number of fused-ring (bicyclic) bond motifs is 2. The molecule has 0 amide bonds. The van der Waals surface area contributed by atoms with Gasteiger partial charge >= 0.3 is 0 Å². The first-order chi connectivity index (χ1) is 14.3. The van der Waals surface area contributed by atoms with Gasteiger partial charge in [0.1, 0.15) is 6.54 Å². The van der Waals surface area contributed by atoms with Gasteiger partial charge in [0.2, 0.25) is 5.52 Å². The fourth-order valence-electron chi connectivity index (χ4n) is 4.08. The van der Waals surface area contributed by atoms with E-state index in [-0.39, 0.29) is 0 Å². The number of nitrogens with zero attached hydrogens (tertiary/aromatic N) is 2. The van der Waals surface area contributed by atoms with Crippen LogP contribution in [0.4, 0.5) is 5.69 Å². The van der Waals surface area contributed by atoms with E-state index < -0.39 is 0 Å². The lowest BCUT2D eigenvalue weighted by atomic mass is 9.96. The minimum Gasteiger partial charge on any atom is -0.347 e. The zero-order chi connectivity index (χ0) is 20.1. The van der Waals surface area contributed by atoms with Crippen LogP contribution in [-0.4, -0.2) is 6.54 Å². The molecule has 29 heavy (non-hydrogen) atoms. The maximum absolute atomic E-state index is 2.39. The molecule has 0 spiro atoms. The third-order valence-electron chi connectivity index (χ3n) is 5.73. The minimum absolute atomic E-state index is 1.07. The summed E-state index contributed by atoms with van der Waals surface area (Å²) >= 11 is 0. The molecule has 0 fully saturated rings. The van der Waals surface area contributed by atoms with Crippen molar-refractivity contribution in [3.05, 3.63) is 84.2 Å². The number of pyridine rings is 1. The molecule has 2 heterocycles. The van der Waals surface area contributed by atoms with E-state index in [0.29, 0.717) is 0 Å². The molecule has 2 aromatic carbocycles. The quantitative estimate of drug-likeness (QED) is 0.417. The zero-order valence-corrected chi connectivity index (χ0v) is 17.6. The summed E-state index contributed by atoms with van der Waals surface area (Å²) in [6.07, 6.45) is 13.9. The van der Waals surface area contributed by atoms with E-state index in [2.05, 4.69) is 102 Å². The Balaban J connectivity index is 1.76. The van der Waals surface area contributed by atoms with E-state index in [1.807, 2.05) is 0 Å². The first-order valence-electron chi connectivity index (χ1n) is 11.0. The van der Waals surface area contributed by atoms with Gasteiger partial charge in [0.25, 0.3) is 0 Å². The van der Waals surface area contributed by atoms with Crippen molar-refractivity contribution >= 4 is 28.2 Å². The van der Waals surface area contributed by atoms with Crippen LogP contribution in [0.15, 0.2) is 73.1 Å². The summed E-state index contributed by atoms with van der Waals surface area (Å²) < 4.78 is 2.39. The normalized spacial score (nSPS) is 14.6. The van der Waals surface area contributed by atoms with Crippen LogP contribution < -0.4 is 9.47 Å². The largest absolute Gasteiger partial charge is 0.347 e. The van der Waals surface area contributed by atoms with Gasteiger partial charge in [-0.05, 0) is 41.8 Å². The van der Waals surface area contributed by atoms with Crippen LogP contribution in [0.2, 0.25) is 0 Å². The van der Waals surface area contributed by atoms with Crippen LogP contribution in [0, 0.1) is 0 Å². The number of aromatic nitrogens is 1. The van der Waals surface area contributed by atoms with E-state index in [1.54, 1.807) is 0 Å². The molecule has 0 radical (unpaired) electrons. The van der Waals surface area contributed by atoms with Crippen molar-refractivity contribution < 1.29 is 4.57 Å². The second-order valence-corrected chi connectivity index (χ2v) is 7.81. The molecule has 1 aromatic heterocycles. The molecular formula is C27H31N2+. The van der Waals surface area contributed by atoms with Gasteiger partial charge in [0.15, 0.2) is 6.20 Å². The average Bonchev–Trinajstić information content (AvgIpc) is 2.78. The maximum Gasteiger partial charge on any atom is 0.213 e. The smallest absolute Gasteiger partial charge is 0.213 e. The fraction of sp³-hybridized carbons (Fsp3) is 0.296. The molecule has 0 atom stereocenters. The highest BCUT2D eigenvalue weighted by Crippen LogP contribution is 2.34. The fourth-order valence-corrected chi connectivity index (χ4v) is 4.08. The number of rotatable bonds is 7. The van der Waals surface area contributed by atoms with Gasteiger partial charge in [-0.2, -0.15) is 4.57 Å². The Kier molecular flexibility index (Phi) is 6.09. The average molecular weight is 384 g/mol. The van der Waals surface area contributed by atoms with Crippen LogP contribution in [-0.2, 0) is 6.54 Å². The number of anilines is 1. The van der Waals surface area contributed by atoms with Crippen LogP contribution in [0.25, 0.3) is 22.6 Å². The van der Waals surface area contributed by atoms with Gasteiger partial charge in [-0.3, -0.25) is 0 Å². The molecule has 0 saturated heterocycles. The number of unbranched alkanes of at least 4 members (excludes halogenated alkanes) is 2. The summed E-state index contributed by atoms with van der Waals surface area (Å²) in [6.45, 7) is 6.64. The Bertz CT molecular complexity index is 1050. The standard InChI is InChI=1S/C27H31N2/c1-3-5-17-28-19-15-22(24-11-7-9-13-26(24)28)21-23-16-20-29(18-6-4-2)27-14-10-8-12-25(23)27/h7-16,19-21H,3-6,17-18H2,1-2H3/q+1. The molecule has 3 aromatic rings. The third-order valence-corrected chi connectivity index (χ3v) is 5.73. The monoisotopic (exact) mass is 383 g/mol. The number of allylic oxidation sites excluding steroid dienone is 2. The molecule has 0 saturated carbocycles. The second-order valence-electron chi connectivity index (χ2n) is 7.81. The van der Waals surface area contributed by atoms with Crippen molar-refractivity contribution in [2.45, 2.75) is 46.1 Å². The summed E-state index contributed by atoms with van der Waals surface area (Å²) in [5, 5.41) is 1.32. The zero-order valence-electron chi connectivity index (χ0n) is 17.6. The Morgan fingerprint density at radius 2 is 1.69 bits per heavy atom. The Labute approximate surface area is 174 Å². The van der Waals surface area contributed by atoms with Gasteiger partial charge < -0.3 is 4.90 Å². The molecule has 0 bridgehead atoms. The number of hydrogen-bond donors (Lipinski definition) is 0. The number of aryl methyl sites for hydroxylation is 1. The molecule has 2 heteroatoms. The van der Waals surface area contributed by atoms with Gasteiger partial charge in [-0.1, -0.05) is 57.0 Å². The Hall–Kier alpha value is -2.87. The first-order valence-corrected chi connectivity index (χ1v) is 11.0. The van der Waals surface area contributed by atoms with E-state index in [1.165, 1.54) is 59.0 Å². The van der Waals surface area contributed by atoms with Crippen LogP contribution in [0.5, 0.6) is 0 Å². The van der Waals surface area contributed by atoms with Gasteiger partial charge in [-0.15, -0.1) is 0 Å². The lowest BCUT2D eigenvalue weighted by molar-refractivity contribution is -0.671. The van der Waals surface area contributed by atoms with E-state index in [0.717, 1.165) is 13.1 Å². The van der Waals surface area contributed by atoms with Gasteiger partial charge in [0, 0.05) is 42.5 Å². The lowest BCUT2D eigenvalue weighted by Crippen LogP contribution is -2.34. The van der Waals surface area contributed by atoms with Crippen molar-refractivity contribution in [2.75, 3.05) is 11.4 Å². The van der Waals surface area contributed by atoms with Gasteiger partial charge in [0.05, 0.1) is 5.39 Å². The summed E-state index contributed by atoms with van der Waals surface area (Å²) in [7, 11) is 0. The highest BCUT2D eigenvalue weighted by Gasteiger charge is 2.17. The summed E-state index contributed by atoms with van der Waals surface area (Å²) in [6, 6.07) is 19.8. The SMILES string of the molecule is CCCCN1C=C/C(=C\c2cc[n+](CCCC)c3ccccc23)c2ccccc21. The lowest BCUT2D eigenvalue weighted by Gasteiger charge is -2.27. The molecule has 0 aliphatic carbocycles. The molecule has 0 unspecified atom stereocenters. The highest BCUT2D eigenvalue weighted by atomic mass is 15.1. The molecule has 148 valence electrons. The van der Waals surface area contributed by atoms with E-state index >= 15 is 0 Å². The van der Waals surface area contributed by atoms with E-state index in [9.17, 15) is 0 Å². The number of benzene rings is 2. The molecule has 1 aliphatic rings. The van der Waals surface area contributed by atoms with Crippen molar-refractivity contribution in [2.24, 2.45) is 0 Å². The van der Waals surface area contributed by atoms with Crippen LogP contribution >= 0.6 is 0 Å². The van der Waals surface area contributed by atoms with Crippen molar-refractivity contribution in [1.29, 1.82) is 0 Å². The Morgan fingerprint density at radius 1 is 0.897 bits per heavy atom. The van der Waals surface area contributed by atoms with Crippen molar-refractivity contribution in [3.63, 3.8) is 0 Å². The Morgan fingerprint density at radius 3 is 2.55 bits per heavy atom. The predicted octanol–water partition coefficient (Wildman–Crippen LogP) is 6.60. The first kappa shape index (κ1) is 19.4. The number of para-hydroxylation sites is 2. The molecule has 4 rings (SSSR count). The maximum atomic E-state index is 2.39. The molecule has 1 aliphatic heterocycles. The van der Waals surface area contributed by atoms with Crippen LogP contribution in [0.1, 0.15) is 50.7 Å². The molecule has 2 nitrogen and oxygen atoms in total.